The molecule has 4 nitrogen and oxygen atoms in total. The van der Waals surface area contributed by atoms with Gasteiger partial charge in [-0.3, -0.25) is 9.78 Å². The third-order valence-corrected chi connectivity index (χ3v) is 3.27. The van der Waals surface area contributed by atoms with E-state index in [4.69, 9.17) is 0 Å². The van der Waals surface area contributed by atoms with Gasteiger partial charge in [0.2, 0.25) is 0 Å². The molecular weight excluding hydrogens is 269 g/mol. The monoisotopic (exact) mass is 283 g/mol. The summed E-state index contributed by atoms with van der Waals surface area (Å²) in [5.41, 5.74) is 1.21. The lowest BCUT2D eigenvalue weighted by Gasteiger charge is -2.07. The lowest BCUT2D eigenvalue weighted by Crippen LogP contribution is -2.27. The fourth-order valence-corrected chi connectivity index (χ4v) is 2.23. The van der Waals surface area contributed by atoms with Crippen molar-refractivity contribution >= 4 is 16.8 Å². The maximum atomic E-state index is 13.3. The molecule has 0 radical (unpaired) electrons. The zero-order chi connectivity index (χ0) is 14.7. The second-order valence-corrected chi connectivity index (χ2v) is 4.68. The Morgan fingerprint density at radius 3 is 2.95 bits per heavy atom. The first-order valence-corrected chi connectivity index (χ1v) is 6.68. The zero-order valence-corrected chi connectivity index (χ0v) is 11.3. The van der Waals surface area contributed by atoms with Crippen LogP contribution < -0.4 is 5.32 Å². The Morgan fingerprint density at radius 2 is 2.14 bits per heavy atom. The predicted octanol–water partition coefficient (Wildman–Crippen LogP) is 2.61. The smallest absolute Gasteiger partial charge is 0.269 e. The molecule has 0 spiro atoms. The van der Waals surface area contributed by atoms with Crippen LogP contribution in [0.4, 0.5) is 4.39 Å². The van der Waals surface area contributed by atoms with E-state index in [1.807, 2.05) is 16.8 Å². The molecule has 0 aliphatic heterocycles. The summed E-state index contributed by atoms with van der Waals surface area (Å²) >= 11 is 0. The summed E-state index contributed by atoms with van der Waals surface area (Å²) in [4.78, 5) is 15.8. The molecule has 0 bridgehead atoms. The van der Waals surface area contributed by atoms with Gasteiger partial charge in [0, 0.05) is 25.5 Å². The average molecular weight is 283 g/mol. The number of hydrogen-bond acceptors (Lipinski definition) is 2. The number of carbonyl (C=O) groups is 1. The van der Waals surface area contributed by atoms with E-state index in [1.165, 1.54) is 12.1 Å². The number of nitrogens with one attached hydrogen (secondary N) is 1. The van der Waals surface area contributed by atoms with Gasteiger partial charge in [0.15, 0.2) is 0 Å². The van der Waals surface area contributed by atoms with Crippen molar-refractivity contribution in [3.05, 3.63) is 66.4 Å². The van der Waals surface area contributed by atoms with Crippen LogP contribution in [0.3, 0.4) is 0 Å². The molecule has 1 amide bonds. The Balaban J connectivity index is 1.65. The Kier molecular flexibility index (Phi) is 3.64. The molecule has 0 aliphatic rings. The lowest BCUT2D eigenvalue weighted by atomic mass is 10.2. The summed E-state index contributed by atoms with van der Waals surface area (Å²) < 4.78 is 15.2. The van der Waals surface area contributed by atoms with Crippen molar-refractivity contribution in [2.45, 2.75) is 6.54 Å². The van der Waals surface area contributed by atoms with E-state index < -0.39 is 0 Å². The third-order valence-electron chi connectivity index (χ3n) is 3.27. The molecule has 0 unspecified atom stereocenters. The van der Waals surface area contributed by atoms with Crippen LogP contribution in [0, 0.1) is 5.82 Å². The highest BCUT2D eigenvalue weighted by atomic mass is 19.1. The summed E-state index contributed by atoms with van der Waals surface area (Å²) in [7, 11) is 0. The summed E-state index contributed by atoms with van der Waals surface area (Å²) in [6, 6.07) is 11.8. The highest BCUT2D eigenvalue weighted by Crippen LogP contribution is 2.16. The van der Waals surface area contributed by atoms with Gasteiger partial charge in [0.25, 0.3) is 5.91 Å². The van der Waals surface area contributed by atoms with E-state index in [9.17, 15) is 9.18 Å². The molecule has 21 heavy (non-hydrogen) atoms. The van der Waals surface area contributed by atoms with E-state index in [0.717, 1.165) is 10.9 Å². The summed E-state index contributed by atoms with van der Waals surface area (Å²) in [6.45, 7) is 1.03. The van der Waals surface area contributed by atoms with E-state index in [0.29, 0.717) is 18.8 Å². The van der Waals surface area contributed by atoms with Gasteiger partial charge in [-0.25, -0.2) is 4.39 Å². The van der Waals surface area contributed by atoms with Gasteiger partial charge in [-0.2, -0.15) is 0 Å². The number of fused-ring (bicyclic) bond motifs is 1. The largest absolute Gasteiger partial charge is 0.349 e. The number of rotatable bonds is 4. The summed E-state index contributed by atoms with van der Waals surface area (Å²) in [5, 5.41) is 3.78. The van der Waals surface area contributed by atoms with Crippen LogP contribution in [-0.4, -0.2) is 22.0 Å². The van der Waals surface area contributed by atoms with Crippen molar-refractivity contribution in [3.63, 3.8) is 0 Å². The van der Waals surface area contributed by atoms with E-state index in [1.54, 1.807) is 30.5 Å². The maximum Gasteiger partial charge on any atom is 0.269 e. The number of amides is 1. The fourth-order valence-electron chi connectivity index (χ4n) is 2.23. The molecule has 0 saturated heterocycles. The van der Waals surface area contributed by atoms with Gasteiger partial charge in [0.05, 0.1) is 5.52 Å². The zero-order valence-electron chi connectivity index (χ0n) is 11.3. The minimum atomic E-state index is -0.264. The van der Waals surface area contributed by atoms with Gasteiger partial charge in [-0.1, -0.05) is 6.07 Å². The van der Waals surface area contributed by atoms with Gasteiger partial charge in [-0.15, -0.1) is 0 Å². The first-order valence-electron chi connectivity index (χ1n) is 6.68. The third kappa shape index (κ3) is 2.91. The fraction of sp³-hybridized carbons (Fsp3) is 0.125. The molecule has 1 aromatic carbocycles. The van der Waals surface area contributed by atoms with Crippen molar-refractivity contribution in [2.75, 3.05) is 6.54 Å². The normalized spacial score (nSPS) is 10.7. The number of benzene rings is 1. The predicted molar refractivity (Wildman–Crippen MR) is 78.5 cm³/mol. The van der Waals surface area contributed by atoms with E-state index in [2.05, 4.69) is 10.3 Å². The molecule has 3 aromatic rings. The second kappa shape index (κ2) is 5.75. The van der Waals surface area contributed by atoms with Crippen LogP contribution >= 0.6 is 0 Å². The topological polar surface area (TPSA) is 46.9 Å². The van der Waals surface area contributed by atoms with Crippen LogP contribution in [-0.2, 0) is 6.54 Å². The van der Waals surface area contributed by atoms with Crippen LogP contribution in [0.1, 0.15) is 10.5 Å². The van der Waals surface area contributed by atoms with E-state index >= 15 is 0 Å². The molecule has 2 heterocycles. The second-order valence-electron chi connectivity index (χ2n) is 4.68. The minimum absolute atomic E-state index is 0.210. The van der Waals surface area contributed by atoms with Crippen molar-refractivity contribution in [3.8, 4) is 0 Å². The molecule has 0 aliphatic carbocycles. The molecular formula is C16H14FN3O. The molecule has 5 heteroatoms. The lowest BCUT2D eigenvalue weighted by molar-refractivity contribution is 0.0947. The Morgan fingerprint density at radius 1 is 1.24 bits per heavy atom. The first-order chi connectivity index (χ1) is 10.2. The number of halogens is 1. The van der Waals surface area contributed by atoms with Gasteiger partial charge < -0.3 is 9.88 Å². The average Bonchev–Trinajstić information content (AvgIpc) is 2.90. The molecule has 0 atom stereocenters. The summed E-state index contributed by atoms with van der Waals surface area (Å²) in [6.07, 6.45) is 3.47. The molecule has 0 saturated carbocycles. The van der Waals surface area contributed by atoms with Gasteiger partial charge >= 0.3 is 0 Å². The quantitative estimate of drug-likeness (QED) is 0.800. The molecule has 1 N–H and O–H groups in total. The van der Waals surface area contributed by atoms with Crippen molar-refractivity contribution in [1.29, 1.82) is 0 Å². The van der Waals surface area contributed by atoms with Crippen molar-refractivity contribution < 1.29 is 9.18 Å². The van der Waals surface area contributed by atoms with E-state index in [-0.39, 0.29) is 11.7 Å². The minimum Gasteiger partial charge on any atom is -0.349 e. The van der Waals surface area contributed by atoms with Crippen LogP contribution in [0.2, 0.25) is 0 Å². The molecule has 106 valence electrons. The highest BCUT2D eigenvalue weighted by Gasteiger charge is 2.06. The van der Waals surface area contributed by atoms with Gasteiger partial charge in [-0.05, 0) is 41.8 Å². The number of pyridine rings is 1. The van der Waals surface area contributed by atoms with Crippen LogP contribution in [0.5, 0.6) is 0 Å². The Hall–Kier alpha value is -2.69. The first kappa shape index (κ1) is 13.3. The molecule has 0 fully saturated rings. The standard InChI is InChI=1S/C16H14FN3O/c17-13-5-4-12-6-9-20(15(12)11-13)10-8-19-16(21)14-3-1-2-7-18-14/h1-7,9,11H,8,10H2,(H,19,21). The van der Waals surface area contributed by atoms with Crippen LogP contribution in [0.25, 0.3) is 10.9 Å². The highest BCUT2D eigenvalue weighted by molar-refractivity contribution is 5.92. The summed E-state index contributed by atoms with van der Waals surface area (Å²) in [5.74, 6) is -0.474. The SMILES string of the molecule is O=C(NCCn1ccc2ccc(F)cc21)c1ccccn1. The Labute approximate surface area is 121 Å². The number of carbonyl (C=O) groups excluding carboxylic acids is 1. The Bertz CT molecular complexity index is 768. The van der Waals surface area contributed by atoms with Crippen molar-refractivity contribution in [2.24, 2.45) is 0 Å². The molecule has 2 aromatic heterocycles. The molecule has 3 rings (SSSR count). The van der Waals surface area contributed by atoms with Crippen LogP contribution in [0.15, 0.2) is 54.9 Å². The number of aromatic nitrogens is 2. The van der Waals surface area contributed by atoms with Gasteiger partial charge in [0.1, 0.15) is 11.5 Å². The number of hydrogen-bond donors (Lipinski definition) is 1. The maximum absolute atomic E-state index is 13.3. The van der Waals surface area contributed by atoms with Crippen molar-refractivity contribution in [1.82, 2.24) is 14.9 Å². The number of nitrogens with zero attached hydrogens (tertiary/aromatic N) is 2.